The first-order valence-corrected chi connectivity index (χ1v) is 9.96. The Morgan fingerprint density at radius 3 is 2.40 bits per heavy atom. The first-order valence-electron chi connectivity index (χ1n) is 9.96. The SMILES string of the molecule is Cc1cc(-c2cnc3c(c2)c2ccccc2n3-c2cccc3ccccc23)ncn1. The van der Waals surface area contributed by atoms with Crippen LogP contribution in [0.25, 0.3) is 49.7 Å². The van der Waals surface area contributed by atoms with Gasteiger partial charge in [0, 0.05) is 33.6 Å². The molecule has 6 aromatic rings. The smallest absolute Gasteiger partial charge is 0.145 e. The third-order valence-electron chi connectivity index (χ3n) is 5.62. The Hall–Kier alpha value is -4.05. The van der Waals surface area contributed by atoms with Gasteiger partial charge in [-0.3, -0.25) is 4.57 Å². The zero-order valence-corrected chi connectivity index (χ0v) is 16.4. The summed E-state index contributed by atoms with van der Waals surface area (Å²) in [7, 11) is 0. The van der Waals surface area contributed by atoms with Crippen LogP contribution in [-0.4, -0.2) is 19.5 Å². The summed E-state index contributed by atoms with van der Waals surface area (Å²) in [6.07, 6.45) is 3.51. The average molecular weight is 386 g/mol. The molecule has 0 radical (unpaired) electrons. The van der Waals surface area contributed by atoms with E-state index in [9.17, 15) is 0 Å². The molecule has 0 saturated heterocycles. The molecule has 0 atom stereocenters. The van der Waals surface area contributed by atoms with E-state index in [-0.39, 0.29) is 0 Å². The molecule has 0 spiro atoms. The number of benzene rings is 3. The van der Waals surface area contributed by atoms with Gasteiger partial charge in [-0.05, 0) is 36.6 Å². The molecule has 3 aromatic heterocycles. The van der Waals surface area contributed by atoms with Crippen molar-refractivity contribution in [2.45, 2.75) is 6.92 Å². The van der Waals surface area contributed by atoms with Crippen LogP contribution in [0.3, 0.4) is 0 Å². The van der Waals surface area contributed by atoms with Crippen molar-refractivity contribution in [2.75, 3.05) is 0 Å². The Morgan fingerprint density at radius 1 is 0.700 bits per heavy atom. The zero-order valence-electron chi connectivity index (χ0n) is 16.4. The minimum absolute atomic E-state index is 0.888. The number of pyridine rings is 1. The first kappa shape index (κ1) is 16.9. The molecule has 0 fully saturated rings. The fourth-order valence-electron chi connectivity index (χ4n) is 4.24. The maximum Gasteiger partial charge on any atom is 0.145 e. The van der Waals surface area contributed by atoms with E-state index >= 15 is 0 Å². The minimum Gasteiger partial charge on any atom is -0.293 e. The highest BCUT2D eigenvalue weighted by atomic mass is 15.0. The lowest BCUT2D eigenvalue weighted by Gasteiger charge is -2.11. The minimum atomic E-state index is 0.888. The predicted molar refractivity (Wildman–Crippen MR) is 122 cm³/mol. The molecule has 0 bridgehead atoms. The average Bonchev–Trinajstić information content (AvgIpc) is 3.12. The molecule has 0 aliphatic heterocycles. The van der Waals surface area contributed by atoms with E-state index in [4.69, 9.17) is 4.98 Å². The molecule has 4 nitrogen and oxygen atoms in total. The van der Waals surface area contributed by atoms with E-state index in [0.717, 1.165) is 39.2 Å². The fraction of sp³-hybridized carbons (Fsp3) is 0.0385. The quantitative estimate of drug-likeness (QED) is 0.361. The summed E-state index contributed by atoms with van der Waals surface area (Å²) in [5.74, 6) is 0. The Bertz CT molecular complexity index is 1560. The van der Waals surface area contributed by atoms with Crippen LogP contribution < -0.4 is 0 Å². The summed E-state index contributed by atoms with van der Waals surface area (Å²) in [5, 5.41) is 4.72. The highest BCUT2D eigenvalue weighted by molar-refractivity contribution is 6.10. The third kappa shape index (κ3) is 2.51. The second-order valence-corrected chi connectivity index (χ2v) is 7.49. The van der Waals surface area contributed by atoms with Crippen LogP contribution in [0.5, 0.6) is 0 Å². The highest BCUT2D eigenvalue weighted by Crippen LogP contribution is 2.35. The van der Waals surface area contributed by atoms with Gasteiger partial charge in [0.25, 0.3) is 0 Å². The molecule has 0 amide bonds. The zero-order chi connectivity index (χ0) is 20.1. The van der Waals surface area contributed by atoms with Gasteiger partial charge in [0.15, 0.2) is 0 Å². The summed E-state index contributed by atoms with van der Waals surface area (Å²) in [4.78, 5) is 13.6. The maximum absolute atomic E-state index is 4.91. The number of fused-ring (bicyclic) bond motifs is 4. The van der Waals surface area contributed by atoms with Crippen LogP contribution in [0.2, 0.25) is 0 Å². The molecule has 0 unspecified atom stereocenters. The van der Waals surface area contributed by atoms with Crippen molar-refractivity contribution in [1.29, 1.82) is 0 Å². The number of aromatic nitrogens is 4. The van der Waals surface area contributed by atoms with Crippen molar-refractivity contribution >= 4 is 32.7 Å². The van der Waals surface area contributed by atoms with Gasteiger partial charge < -0.3 is 0 Å². The van der Waals surface area contributed by atoms with E-state index in [1.165, 1.54) is 16.2 Å². The summed E-state index contributed by atoms with van der Waals surface area (Å²) in [6.45, 7) is 1.98. The van der Waals surface area contributed by atoms with Crippen molar-refractivity contribution in [3.63, 3.8) is 0 Å². The van der Waals surface area contributed by atoms with Gasteiger partial charge in [-0.15, -0.1) is 0 Å². The van der Waals surface area contributed by atoms with E-state index in [0.29, 0.717) is 0 Å². The molecule has 3 heterocycles. The summed E-state index contributed by atoms with van der Waals surface area (Å²) in [5.41, 5.74) is 6.05. The lowest BCUT2D eigenvalue weighted by Crippen LogP contribution is -1.97. The first-order chi connectivity index (χ1) is 14.8. The van der Waals surface area contributed by atoms with Crippen LogP contribution in [0.15, 0.2) is 91.4 Å². The van der Waals surface area contributed by atoms with E-state index in [1.807, 2.05) is 19.2 Å². The number of aryl methyl sites for hydroxylation is 1. The summed E-state index contributed by atoms with van der Waals surface area (Å²) >= 11 is 0. The van der Waals surface area contributed by atoms with Gasteiger partial charge in [0.1, 0.15) is 12.0 Å². The standard InChI is InChI=1S/C26H18N4/c1-17-13-23(29-16-28-17)19-14-22-21-10-4-5-11-25(21)30(26(22)27-15-19)24-12-6-8-18-7-2-3-9-20(18)24/h2-16H,1H3. The van der Waals surface area contributed by atoms with Gasteiger partial charge in [0.05, 0.1) is 16.9 Å². The van der Waals surface area contributed by atoms with Gasteiger partial charge in [-0.2, -0.15) is 0 Å². The number of hydrogen-bond acceptors (Lipinski definition) is 3. The molecule has 0 N–H and O–H groups in total. The van der Waals surface area contributed by atoms with Crippen molar-refractivity contribution < 1.29 is 0 Å². The molecular formula is C26H18N4. The Kier molecular flexibility index (Phi) is 3.65. The van der Waals surface area contributed by atoms with Crippen LogP contribution in [0.1, 0.15) is 5.69 Å². The second kappa shape index (κ2) is 6.49. The Balaban J connectivity index is 1.70. The van der Waals surface area contributed by atoms with Crippen LogP contribution in [-0.2, 0) is 0 Å². The van der Waals surface area contributed by atoms with Crippen molar-refractivity contribution in [2.24, 2.45) is 0 Å². The fourth-order valence-corrected chi connectivity index (χ4v) is 4.24. The van der Waals surface area contributed by atoms with Crippen LogP contribution in [0, 0.1) is 6.92 Å². The molecule has 0 saturated carbocycles. The molecule has 0 aliphatic rings. The molecule has 142 valence electrons. The monoisotopic (exact) mass is 386 g/mol. The highest BCUT2D eigenvalue weighted by Gasteiger charge is 2.16. The van der Waals surface area contributed by atoms with Crippen molar-refractivity contribution in [3.05, 3.63) is 97.1 Å². The summed E-state index contributed by atoms with van der Waals surface area (Å²) < 4.78 is 2.27. The molecular weight excluding hydrogens is 368 g/mol. The maximum atomic E-state index is 4.91. The van der Waals surface area contributed by atoms with Gasteiger partial charge >= 0.3 is 0 Å². The van der Waals surface area contributed by atoms with Gasteiger partial charge in [-0.25, -0.2) is 15.0 Å². The number of rotatable bonds is 2. The van der Waals surface area contributed by atoms with E-state index in [2.05, 4.69) is 87.3 Å². The molecule has 6 rings (SSSR count). The second-order valence-electron chi connectivity index (χ2n) is 7.49. The molecule has 3 aromatic carbocycles. The molecule has 0 aliphatic carbocycles. The topological polar surface area (TPSA) is 43.6 Å². The number of nitrogens with zero attached hydrogens (tertiary/aromatic N) is 4. The third-order valence-corrected chi connectivity index (χ3v) is 5.62. The van der Waals surface area contributed by atoms with Gasteiger partial charge in [0.2, 0.25) is 0 Å². The number of hydrogen-bond donors (Lipinski definition) is 0. The normalized spacial score (nSPS) is 11.5. The van der Waals surface area contributed by atoms with Gasteiger partial charge in [-0.1, -0.05) is 54.6 Å². The van der Waals surface area contributed by atoms with Crippen LogP contribution >= 0.6 is 0 Å². The van der Waals surface area contributed by atoms with Crippen LogP contribution in [0.4, 0.5) is 0 Å². The largest absolute Gasteiger partial charge is 0.293 e. The summed E-state index contributed by atoms with van der Waals surface area (Å²) in [6, 6.07) is 27.6. The van der Waals surface area contributed by atoms with Crippen molar-refractivity contribution in [1.82, 2.24) is 19.5 Å². The van der Waals surface area contributed by atoms with E-state index in [1.54, 1.807) is 6.33 Å². The predicted octanol–water partition coefficient (Wildman–Crippen LogP) is 6.10. The lowest BCUT2D eigenvalue weighted by atomic mass is 10.1. The Morgan fingerprint density at radius 2 is 1.50 bits per heavy atom. The molecule has 30 heavy (non-hydrogen) atoms. The number of para-hydroxylation sites is 1. The van der Waals surface area contributed by atoms with E-state index < -0.39 is 0 Å². The molecule has 4 heteroatoms. The lowest BCUT2D eigenvalue weighted by molar-refractivity contribution is 1.10. The Labute approximate surface area is 173 Å². The van der Waals surface area contributed by atoms with Crippen molar-refractivity contribution in [3.8, 4) is 16.9 Å².